The van der Waals surface area contributed by atoms with E-state index in [1.165, 1.54) is 5.56 Å². The third-order valence-corrected chi connectivity index (χ3v) is 5.74. The molecule has 0 amide bonds. The lowest BCUT2D eigenvalue weighted by molar-refractivity contribution is 0.198. The fraction of sp³-hybridized carbons (Fsp3) is 0.526. The summed E-state index contributed by atoms with van der Waals surface area (Å²) in [6.45, 7) is 7.96. The number of benzene rings is 1. The van der Waals surface area contributed by atoms with Gasteiger partial charge in [0.2, 0.25) is 0 Å². The van der Waals surface area contributed by atoms with Crippen molar-refractivity contribution >= 4 is 57.6 Å². The third-order valence-electron chi connectivity index (χ3n) is 4.25. The molecule has 2 N–H and O–H groups in total. The van der Waals surface area contributed by atoms with Crippen LogP contribution in [0.2, 0.25) is 0 Å². The van der Waals surface area contributed by atoms with Crippen LogP contribution < -0.4 is 10.6 Å². The number of likely N-dealkylation sites (tertiary alicyclic amines) is 1. The lowest BCUT2D eigenvalue weighted by Crippen LogP contribution is -2.48. The Morgan fingerprint density at radius 2 is 2.04 bits per heavy atom. The third kappa shape index (κ3) is 9.10. The molecule has 0 aromatic heterocycles. The number of rotatable bonds is 8. The summed E-state index contributed by atoms with van der Waals surface area (Å²) < 4.78 is 1.14. The number of hydrogen-bond acceptors (Lipinski definition) is 3. The number of halogens is 2. The molecule has 1 aliphatic rings. The molecule has 0 spiro atoms. The Morgan fingerprint density at radius 1 is 1.35 bits per heavy atom. The number of guanidine groups is 1. The molecule has 0 atom stereocenters. The minimum atomic E-state index is 0. The van der Waals surface area contributed by atoms with Crippen LogP contribution in [0.4, 0.5) is 0 Å². The van der Waals surface area contributed by atoms with Crippen LogP contribution in [0.15, 0.2) is 46.4 Å². The van der Waals surface area contributed by atoms with Gasteiger partial charge in [-0.1, -0.05) is 34.1 Å². The Hall–Kier alpha value is -0.250. The minimum absolute atomic E-state index is 0. The second kappa shape index (κ2) is 13.8. The van der Waals surface area contributed by atoms with E-state index in [1.807, 2.05) is 24.9 Å². The SMILES string of the molecule is C=CCSCCNC(=NC)NC1CCN(Cc2ccc(Br)cc2)CC1.I. The van der Waals surface area contributed by atoms with Gasteiger partial charge in [-0.15, -0.1) is 30.6 Å². The largest absolute Gasteiger partial charge is 0.356 e. The quantitative estimate of drug-likeness (QED) is 0.167. The molecule has 4 nitrogen and oxygen atoms in total. The van der Waals surface area contributed by atoms with Crippen molar-refractivity contribution in [2.45, 2.75) is 25.4 Å². The van der Waals surface area contributed by atoms with E-state index in [2.05, 4.69) is 67.3 Å². The van der Waals surface area contributed by atoms with E-state index in [4.69, 9.17) is 0 Å². The summed E-state index contributed by atoms with van der Waals surface area (Å²) in [6, 6.07) is 9.14. The van der Waals surface area contributed by atoms with Crippen LogP contribution >= 0.6 is 51.7 Å². The van der Waals surface area contributed by atoms with Gasteiger partial charge < -0.3 is 10.6 Å². The Morgan fingerprint density at radius 3 is 2.65 bits per heavy atom. The maximum atomic E-state index is 4.34. The molecule has 26 heavy (non-hydrogen) atoms. The smallest absolute Gasteiger partial charge is 0.191 e. The molecule has 1 heterocycles. The van der Waals surface area contributed by atoms with Crippen LogP contribution in [0.1, 0.15) is 18.4 Å². The van der Waals surface area contributed by atoms with Gasteiger partial charge in [-0.25, -0.2) is 0 Å². The van der Waals surface area contributed by atoms with Gasteiger partial charge in [0.15, 0.2) is 5.96 Å². The zero-order valence-electron chi connectivity index (χ0n) is 15.4. The molecule has 2 rings (SSSR count). The molecule has 146 valence electrons. The van der Waals surface area contributed by atoms with Gasteiger partial charge in [-0.2, -0.15) is 11.8 Å². The van der Waals surface area contributed by atoms with Crippen molar-refractivity contribution in [2.24, 2.45) is 4.99 Å². The fourth-order valence-corrected chi connectivity index (χ4v) is 3.72. The number of thioether (sulfide) groups is 1. The van der Waals surface area contributed by atoms with E-state index < -0.39 is 0 Å². The van der Waals surface area contributed by atoms with E-state index in [9.17, 15) is 0 Å². The first-order valence-corrected chi connectivity index (χ1v) is 10.8. The standard InChI is InChI=1S/C19H29BrN4S.HI/c1-3-13-25-14-10-22-19(21-2)23-18-8-11-24(12-9-18)15-16-4-6-17(20)7-5-16;/h3-7,18H,1,8-15H2,2H3,(H2,21,22,23);1H. The van der Waals surface area contributed by atoms with E-state index in [-0.39, 0.29) is 24.0 Å². The molecule has 7 heteroatoms. The zero-order chi connectivity index (χ0) is 17.9. The maximum absolute atomic E-state index is 4.34. The molecule has 1 aliphatic heterocycles. The molecule has 0 aliphatic carbocycles. The molecule has 1 fully saturated rings. The molecular weight excluding hydrogens is 523 g/mol. The van der Waals surface area contributed by atoms with Crippen LogP contribution in [-0.2, 0) is 6.54 Å². The number of nitrogens with zero attached hydrogens (tertiary/aromatic N) is 2. The van der Waals surface area contributed by atoms with Gasteiger partial charge in [-0.3, -0.25) is 9.89 Å². The highest BCUT2D eigenvalue weighted by molar-refractivity contribution is 14.0. The van der Waals surface area contributed by atoms with Gasteiger partial charge in [0, 0.05) is 55.2 Å². The fourth-order valence-electron chi connectivity index (χ4n) is 2.88. The van der Waals surface area contributed by atoms with Crippen LogP contribution in [0.25, 0.3) is 0 Å². The van der Waals surface area contributed by atoms with Gasteiger partial charge in [-0.05, 0) is 30.5 Å². The Kier molecular flexibility index (Phi) is 12.7. The van der Waals surface area contributed by atoms with Crippen molar-refractivity contribution in [3.05, 3.63) is 47.0 Å². The molecule has 0 saturated carbocycles. The second-order valence-corrected chi connectivity index (χ2v) is 8.25. The van der Waals surface area contributed by atoms with Gasteiger partial charge in [0.05, 0.1) is 0 Å². The average Bonchev–Trinajstić information content (AvgIpc) is 2.64. The Labute approximate surface area is 187 Å². The van der Waals surface area contributed by atoms with Gasteiger partial charge in [0.25, 0.3) is 0 Å². The van der Waals surface area contributed by atoms with E-state index in [0.717, 1.165) is 61.0 Å². The highest BCUT2D eigenvalue weighted by Crippen LogP contribution is 2.16. The van der Waals surface area contributed by atoms with Crippen molar-refractivity contribution in [1.29, 1.82) is 0 Å². The first kappa shape index (κ1) is 23.8. The summed E-state index contributed by atoms with van der Waals surface area (Å²) in [7, 11) is 1.84. The van der Waals surface area contributed by atoms with Crippen molar-refractivity contribution in [2.75, 3.05) is 38.2 Å². The van der Waals surface area contributed by atoms with Crippen LogP contribution in [0, 0.1) is 0 Å². The van der Waals surface area contributed by atoms with E-state index in [0.29, 0.717) is 6.04 Å². The maximum Gasteiger partial charge on any atom is 0.191 e. The molecule has 1 saturated heterocycles. The molecule has 0 bridgehead atoms. The number of hydrogen-bond donors (Lipinski definition) is 2. The van der Waals surface area contributed by atoms with Crippen LogP contribution in [0.3, 0.4) is 0 Å². The first-order chi connectivity index (χ1) is 12.2. The molecule has 0 unspecified atom stereocenters. The van der Waals surface area contributed by atoms with Crippen LogP contribution in [-0.4, -0.2) is 55.1 Å². The number of nitrogens with one attached hydrogen (secondary N) is 2. The second-order valence-electron chi connectivity index (χ2n) is 6.18. The minimum Gasteiger partial charge on any atom is -0.356 e. The number of aliphatic imine (C=N–C) groups is 1. The summed E-state index contributed by atoms with van der Waals surface area (Å²) in [5, 5.41) is 6.96. The van der Waals surface area contributed by atoms with Crippen LogP contribution in [0.5, 0.6) is 0 Å². The predicted octanol–water partition coefficient (Wildman–Crippen LogP) is 4.12. The number of piperidine rings is 1. The average molecular weight is 553 g/mol. The Balaban J connectivity index is 0.00000338. The predicted molar refractivity (Wildman–Crippen MR) is 130 cm³/mol. The summed E-state index contributed by atoms with van der Waals surface area (Å²) >= 11 is 5.37. The lowest BCUT2D eigenvalue weighted by Gasteiger charge is -2.33. The summed E-state index contributed by atoms with van der Waals surface area (Å²) in [4.78, 5) is 6.87. The molecule has 1 aromatic rings. The molecular formula is C19H30BrIN4S. The topological polar surface area (TPSA) is 39.7 Å². The summed E-state index contributed by atoms with van der Waals surface area (Å²) in [5.74, 6) is 2.99. The van der Waals surface area contributed by atoms with Crippen molar-refractivity contribution < 1.29 is 0 Å². The van der Waals surface area contributed by atoms with E-state index >= 15 is 0 Å². The molecule has 1 aromatic carbocycles. The normalized spacial score (nSPS) is 16.0. The van der Waals surface area contributed by atoms with Gasteiger partial charge in [0.1, 0.15) is 0 Å². The summed E-state index contributed by atoms with van der Waals surface area (Å²) in [5.41, 5.74) is 1.38. The summed E-state index contributed by atoms with van der Waals surface area (Å²) in [6.07, 6.45) is 4.25. The van der Waals surface area contributed by atoms with Crippen molar-refractivity contribution in [3.8, 4) is 0 Å². The molecule has 0 radical (unpaired) electrons. The Bertz CT molecular complexity index is 545. The lowest BCUT2D eigenvalue weighted by atomic mass is 10.0. The first-order valence-electron chi connectivity index (χ1n) is 8.84. The zero-order valence-corrected chi connectivity index (χ0v) is 20.1. The van der Waals surface area contributed by atoms with Gasteiger partial charge >= 0.3 is 0 Å². The highest BCUT2D eigenvalue weighted by Gasteiger charge is 2.19. The monoisotopic (exact) mass is 552 g/mol. The highest BCUT2D eigenvalue weighted by atomic mass is 127. The van der Waals surface area contributed by atoms with Crippen molar-refractivity contribution in [1.82, 2.24) is 15.5 Å². The van der Waals surface area contributed by atoms with E-state index in [1.54, 1.807) is 0 Å². The van der Waals surface area contributed by atoms with Crippen molar-refractivity contribution in [3.63, 3.8) is 0 Å².